The lowest BCUT2D eigenvalue weighted by Gasteiger charge is -2.22. The smallest absolute Gasteiger partial charge is 0.305 e. The Morgan fingerprint density at radius 3 is 1.44 bits per heavy atom. The van der Waals surface area contributed by atoms with Gasteiger partial charge in [0, 0.05) is 39.2 Å². The van der Waals surface area contributed by atoms with Gasteiger partial charge in [-0.3, -0.25) is 9.59 Å². The number of rotatable bonds is 44. The first-order chi connectivity index (χ1) is 27.1. The number of ether oxygens (including phenoxy) is 4. The van der Waals surface area contributed by atoms with Gasteiger partial charge in [-0.1, -0.05) is 122 Å². The fourth-order valence-electron chi connectivity index (χ4n) is 6.49. The predicted molar refractivity (Wildman–Crippen MR) is 230 cm³/mol. The lowest BCUT2D eigenvalue weighted by atomic mass is 10.1. The highest BCUT2D eigenvalue weighted by Gasteiger charge is 2.14. The Morgan fingerprint density at radius 1 is 0.491 bits per heavy atom. The van der Waals surface area contributed by atoms with Crippen molar-refractivity contribution in [2.24, 2.45) is 0 Å². The molecule has 0 amide bonds. The normalized spacial score (nSPS) is 11.9. The number of hydrogen-bond donors (Lipinski definition) is 1. The van der Waals surface area contributed by atoms with E-state index in [0.717, 1.165) is 122 Å². The number of carbonyl (C=O) groups excluding carboxylic acids is 2. The summed E-state index contributed by atoms with van der Waals surface area (Å²) in [5.74, 6) is -0.199. The van der Waals surface area contributed by atoms with Crippen molar-refractivity contribution in [1.82, 2.24) is 4.90 Å². The zero-order valence-corrected chi connectivity index (χ0v) is 36.4. The molecule has 0 aromatic rings. The second kappa shape index (κ2) is 45.0. The highest BCUT2D eigenvalue weighted by Crippen LogP contribution is 2.13. The Balaban J connectivity index is 4.04. The molecular weight excluding hydrogens is 691 g/mol. The van der Waals surface area contributed by atoms with Gasteiger partial charge in [-0.15, -0.1) is 0 Å². The first-order valence-corrected chi connectivity index (χ1v) is 23.2. The second-order valence-corrected chi connectivity index (χ2v) is 15.2. The molecule has 0 aromatic heterocycles. The molecule has 0 bridgehead atoms. The Hall–Kier alpha value is -1.74. The first kappa shape index (κ1) is 53.3. The molecule has 1 N–H and O–H groups in total. The van der Waals surface area contributed by atoms with Crippen molar-refractivity contribution >= 4 is 11.9 Å². The van der Waals surface area contributed by atoms with E-state index in [9.17, 15) is 14.7 Å². The number of unbranched alkanes of at least 4 members (excludes halogenated alkanes) is 18. The maximum atomic E-state index is 12.5. The van der Waals surface area contributed by atoms with Crippen LogP contribution in [0.5, 0.6) is 0 Å². The molecule has 0 unspecified atom stereocenters. The number of carbonyl (C=O) groups is 2. The highest BCUT2D eigenvalue weighted by molar-refractivity contribution is 5.69. The van der Waals surface area contributed by atoms with E-state index < -0.39 is 0 Å². The largest absolute Gasteiger partial charge is 0.466 e. The lowest BCUT2D eigenvalue weighted by molar-refractivity contribution is -0.159. The average Bonchev–Trinajstić information content (AvgIpc) is 3.19. The van der Waals surface area contributed by atoms with Crippen LogP contribution in [0.3, 0.4) is 0 Å². The Labute approximate surface area is 339 Å². The topological polar surface area (TPSA) is 94.5 Å². The molecule has 0 atom stereocenters. The molecule has 8 heteroatoms. The Bertz CT molecular complexity index is 840. The van der Waals surface area contributed by atoms with E-state index in [1.54, 1.807) is 0 Å². The molecule has 0 aromatic carbocycles. The number of esters is 2. The summed E-state index contributed by atoms with van der Waals surface area (Å²) in [6.45, 7) is 12.2. The van der Waals surface area contributed by atoms with Gasteiger partial charge in [0.1, 0.15) is 0 Å². The molecular formula is C47H89NO7. The van der Waals surface area contributed by atoms with E-state index in [2.05, 4.69) is 50.0 Å². The summed E-state index contributed by atoms with van der Waals surface area (Å²) in [5, 5.41) is 9.38. The molecule has 55 heavy (non-hydrogen) atoms. The van der Waals surface area contributed by atoms with Crippen LogP contribution in [0, 0.1) is 0 Å². The molecule has 0 radical (unpaired) electrons. The fourth-order valence-corrected chi connectivity index (χ4v) is 6.49. The summed E-state index contributed by atoms with van der Waals surface area (Å²) in [5.41, 5.74) is 0. The third-order valence-corrected chi connectivity index (χ3v) is 9.91. The molecule has 8 nitrogen and oxygen atoms in total. The van der Waals surface area contributed by atoms with Gasteiger partial charge in [0.25, 0.3) is 0 Å². The van der Waals surface area contributed by atoms with Crippen molar-refractivity contribution in [3.63, 3.8) is 0 Å². The van der Waals surface area contributed by atoms with Gasteiger partial charge in [0.05, 0.1) is 19.6 Å². The number of hydrogen-bond acceptors (Lipinski definition) is 8. The van der Waals surface area contributed by atoms with Crippen LogP contribution in [-0.4, -0.2) is 80.9 Å². The maximum absolute atomic E-state index is 12.5. The molecule has 0 saturated heterocycles. The molecule has 0 aliphatic heterocycles. The molecule has 0 aliphatic rings. The quantitative estimate of drug-likeness (QED) is 0.0283. The van der Waals surface area contributed by atoms with E-state index >= 15 is 0 Å². The van der Waals surface area contributed by atoms with Crippen LogP contribution >= 0.6 is 0 Å². The lowest BCUT2D eigenvalue weighted by Crippen LogP contribution is -2.28. The predicted octanol–water partition coefficient (Wildman–Crippen LogP) is 12.2. The average molecular weight is 780 g/mol. The summed E-state index contributed by atoms with van der Waals surface area (Å²) in [6.07, 6.45) is 38.8. The van der Waals surface area contributed by atoms with Gasteiger partial charge in [0.15, 0.2) is 6.29 Å². The standard InChI is InChI=1S/C47H89NO7/c1-4-7-10-13-18-24-29-41-52-45(50)34-26-19-16-17-20-27-37-48(39-33-40-49)38-28-21-25-30-42-53-46(51)35-36-47(54-43-31-22-14-11-8-5-2)55-44-32-23-15-12-9-6-3/h8-9,11-12,47,49H,4-7,10,13-44H2,1-3H3/b11-8-,12-9-. The van der Waals surface area contributed by atoms with Crippen molar-refractivity contribution < 1.29 is 33.6 Å². The molecule has 0 aliphatic carbocycles. The van der Waals surface area contributed by atoms with E-state index in [1.165, 1.54) is 64.2 Å². The molecule has 0 rings (SSSR count). The number of allylic oxidation sites excluding steroid dienone is 4. The molecule has 0 fully saturated rings. The molecule has 0 saturated carbocycles. The van der Waals surface area contributed by atoms with Gasteiger partial charge in [0.2, 0.25) is 0 Å². The summed E-state index contributed by atoms with van der Waals surface area (Å²) in [4.78, 5) is 27.0. The number of nitrogens with zero attached hydrogens (tertiary/aromatic N) is 1. The van der Waals surface area contributed by atoms with E-state index in [-0.39, 0.29) is 24.8 Å². The summed E-state index contributed by atoms with van der Waals surface area (Å²) < 4.78 is 23.0. The summed E-state index contributed by atoms with van der Waals surface area (Å²) in [7, 11) is 0. The third kappa shape index (κ3) is 41.7. The molecule has 0 spiro atoms. The van der Waals surface area contributed by atoms with Crippen LogP contribution in [0.1, 0.15) is 207 Å². The van der Waals surface area contributed by atoms with Crippen LogP contribution < -0.4 is 0 Å². The van der Waals surface area contributed by atoms with Gasteiger partial charge in [-0.25, -0.2) is 0 Å². The minimum Gasteiger partial charge on any atom is -0.466 e. The fraction of sp³-hybridized carbons (Fsp3) is 0.872. The van der Waals surface area contributed by atoms with Crippen LogP contribution in [0.25, 0.3) is 0 Å². The Kier molecular flexibility index (Phi) is 43.5. The monoisotopic (exact) mass is 780 g/mol. The van der Waals surface area contributed by atoms with Crippen molar-refractivity contribution in [3.05, 3.63) is 24.3 Å². The van der Waals surface area contributed by atoms with Crippen LogP contribution in [0.2, 0.25) is 0 Å². The minimum absolute atomic E-state index is 0.0309. The van der Waals surface area contributed by atoms with E-state index in [0.29, 0.717) is 45.7 Å². The molecule has 324 valence electrons. The van der Waals surface area contributed by atoms with E-state index in [4.69, 9.17) is 18.9 Å². The Morgan fingerprint density at radius 2 is 0.927 bits per heavy atom. The maximum Gasteiger partial charge on any atom is 0.305 e. The summed E-state index contributed by atoms with van der Waals surface area (Å²) in [6, 6.07) is 0. The van der Waals surface area contributed by atoms with Crippen molar-refractivity contribution in [2.45, 2.75) is 213 Å². The first-order valence-electron chi connectivity index (χ1n) is 23.2. The van der Waals surface area contributed by atoms with Crippen molar-refractivity contribution in [3.8, 4) is 0 Å². The molecule has 0 heterocycles. The SMILES string of the molecule is CC/C=C\CCCCOC(CCC(=O)OCCCCCCN(CCCO)CCCCCCCCC(=O)OCCCCCCCCC)OCCCC/C=C\CC. The van der Waals surface area contributed by atoms with E-state index in [1.807, 2.05) is 0 Å². The second-order valence-electron chi connectivity index (χ2n) is 15.2. The zero-order chi connectivity index (χ0) is 40.1. The van der Waals surface area contributed by atoms with Gasteiger partial charge < -0.3 is 29.0 Å². The zero-order valence-electron chi connectivity index (χ0n) is 36.4. The third-order valence-electron chi connectivity index (χ3n) is 9.91. The van der Waals surface area contributed by atoms with Crippen molar-refractivity contribution in [1.29, 1.82) is 0 Å². The van der Waals surface area contributed by atoms with Crippen molar-refractivity contribution in [2.75, 3.05) is 52.7 Å². The summed E-state index contributed by atoms with van der Waals surface area (Å²) >= 11 is 0. The van der Waals surface area contributed by atoms with Gasteiger partial charge in [-0.2, -0.15) is 0 Å². The van der Waals surface area contributed by atoms with Gasteiger partial charge >= 0.3 is 11.9 Å². The van der Waals surface area contributed by atoms with Crippen LogP contribution in [-0.2, 0) is 28.5 Å². The van der Waals surface area contributed by atoms with Crippen LogP contribution in [0.15, 0.2) is 24.3 Å². The number of aliphatic hydroxyl groups excluding tert-OH is 1. The van der Waals surface area contributed by atoms with Gasteiger partial charge in [-0.05, 0) is 103 Å². The van der Waals surface area contributed by atoms with Crippen LogP contribution in [0.4, 0.5) is 0 Å². The number of aliphatic hydroxyl groups is 1. The highest BCUT2D eigenvalue weighted by atomic mass is 16.7. The minimum atomic E-state index is -0.356.